The molecule has 2 aliphatic rings. The summed E-state index contributed by atoms with van der Waals surface area (Å²) in [6.45, 7) is 2.30. The van der Waals surface area contributed by atoms with E-state index in [0.29, 0.717) is 0 Å². The molecule has 0 spiro atoms. The van der Waals surface area contributed by atoms with E-state index in [1.807, 2.05) is 12.1 Å². The molecule has 5 heteroatoms. The summed E-state index contributed by atoms with van der Waals surface area (Å²) in [4.78, 5) is 14.5. The van der Waals surface area contributed by atoms with E-state index in [0.717, 1.165) is 30.4 Å². The Balaban J connectivity index is 1.59. The second-order valence-corrected chi connectivity index (χ2v) is 6.74. The van der Waals surface area contributed by atoms with Crippen LogP contribution in [0.4, 0.5) is 11.4 Å². The first-order valence-corrected chi connectivity index (χ1v) is 8.95. The minimum Gasteiger partial charge on any atom is -0.372 e. The Hall–Kier alpha value is -1.20. The van der Waals surface area contributed by atoms with Crippen molar-refractivity contribution in [2.75, 3.05) is 34.9 Å². The molecule has 0 saturated carbocycles. The van der Waals surface area contributed by atoms with Crippen molar-refractivity contribution in [3.63, 3.8) is 0 Å². The average Bonchev–Trinajstić information content (AvgIpc) is 2.91. The maximum Gasteiger partial charge on any atom is 0.242 e. The molecule has 3 rings (SSSR count). The Labute approximate surface area is 130 Å². The van der Waals surface area contributed by atoms with Gasteiger partial charge in [0, 0.05) is 36.1 Å². The highest BCUT2D eigenvalue weighted by Gasteiger charge is 2.22. The Kier molecular flexibility index (Phi) is 5.04. The highest BCUT2D eigenvalue weighted by atomic mass is 32.2. The van der Waals surface area contributed by atoms with E-state index in [2.05, 4.69) is 27.7 Å². The second kappa shape index (κ2) is 7.18. The maximum absolute atomic E-state index is 12.0. The first-order chi connectivity index (χ1) is 10.3. The largest absolute Gasteiger partial charge is 0.372 e. The molecule has 2 aliphatic heterocycles. The molecule has 0 aromatic heterocycles. The number of nitrogens with one attached hydrogen (secondary N) is 2. The summed E-state index contributed by atoms with van der Waals surface area (Å²) in [5, 5.41) is 6.18. The summed E-state index contributed by atoms with van der Waals surface area (Å²) in [5.74, 6) is 1.80. The molecule has 114 valence electrons. The van der Waals surface area contributed by atoms with Crippen molar-refractivity contribution in [1.82, 2.24) is 5.32 Å². The molecule has 2 saturated heterocycles. The maximum atomic E-state index is 12.0. The third-order valence-electron chi connectivity index (χ3n) is 4.14. The summed E-state index contributed by atoms with van der Waals surface area (Å²) in [6, 6.07) is 8.22. The van der Waals surface area contributed by atoms with Gasteiger partial charge in [-0.15, -0.1) is 11.8 Å². The number of rotatable bonds is 3. The standard InChI is InChI=1S/C16H23N3OS/c20-16(15-11-21-12-17-15)18-13-5-7-14(8-6-13)19-9-3-1-2-4-10-19/h5-8,15,17H,1-4,9-12H2,(H,18,20). The summed E-state index contributed by atoms with van der Waals surface area (Å²) < 4.78 is 0. The van der Waals surface area contributed by atoms with Gasteiger partial charge in [-0.05, 0) is 37.1 Å². The third kappa shape index (κ3) is 3.92. The van der Waals surface area contributed by atoms with Crippen molar-refractivity contribution in [3.8, 4) is 0 Å². The van der Waals surface area contributed by atoms with Crippen molar-refractivity contribution >= 4 is 29.0 Å². The van der Waals surface area contributed by atoms with Gasteiger partial charge in [0.25, 0.3) is 0 Å². The van der Waals surface area contributed by atoms with Crippen LogP contribution in [-0.4, -0.2) is 36.7 Å². The van der Waals surface area contributed by atoms with Crippen LogP contribution in [0.5, 0.6) is 0 Å². The fraction of sp³-hybridized carbons (Fsp3) is 0.562. The fourth-order valence-electron chi connectivity index (χ4n) is 2.88. The number of carbonyl (C=O) groups is 1. The molecule has 0 bridgehead atoms. The van der Waals surface area contributed by atoms with E-state index in [1.165, 1.54) is 31.4 Å². The van der Waals surface area contributed by atoms with Gasteiger partial charge in [0.05, 0.1) is 6.04 Å². The summed E-state index contributed by atoms with van der Waals surface area (Å²) in [6.07, 6.45) is 5.25. The normalized spacial score (nSPS) is 22.9. The highest BCUT2D eigenvalue weighted by Crippen LogP contribution is 2.22. The number of anilines is 2. The quantitative estimate of drug-likeness (QED) is 0.901. The molecular weight excluding hydrogens is 282 g/mol. The van der Waals surface area contributed by atoms with Crippen molar-refractivity contribution in [2.45, 2.75) is 31.7 Å². The van der Waals surface area contributed by atoms with Crippen LogP contribution >= 0.6 is 11.8 Å². The van der Waals surface area contributed by atoms with Crippen LogP contribution in [-0.2, 0) is 4.79 Å². The van der Waals surface area contributed by atoms with E-state index in [9.17, 15) is 4.79 Å². The number of nitrogens with zero attached hydrogens (tertiary/aromatic N) is 1. The number of amides is 1. The summed E-state index contributed by atoms with van der Waals surface area (Å²) in [7, 11) is 0. The van der Waals surface area contributed by atoms with Crippen molar-refractivity contribution in [1.29, 1.82) is 0 Å². The minimum atomic E-state index is -0.0553. The molecule has 1 unspecified atom stereocenters. The van der Waals surface area contributed by atoms with Crippen LogP contribution in [0.2, 0.25) is 0 Å². The lowest BCUT2D eigenvalue weighted by Crippen LogP contribution is -2.37. The topological polar surface area (TPSA) is 44.4 Å². The zero-order valence-electron chi connectivity index (χ0n) is 12.3. The van der Waals surface area contributed by atoms with E-state index in [-0.39, 0.29) is 11.9 Å². The van der Waals surface area contributed by atoms with Gasteiger partial charge >= 0.3 is 0 Å². The first-order valence-electron chi connectivity index (χ1n) is 7.80. The van der Waals surface area contributed by atoms with E-state index < -0.39 is 0 Å². The molecule has 2 N–H and O–H groups in total. The molecule has 1 aromatic rings. The monoisotopic (exact) mass is 305 g/mol. The lowest BCUT2D eigenvalue weighted by Gasteiger charge is -2.23. The SMILES string of the molecule is O=C(Nc1ccc(N2CCCCCC2)cc1)C1CSCN1. The van der Waals surface area contributed by atoms with Gasteiger partial charge in [-0.3, -0.25) is 10.1 Å². The molecule has 21 heavy (non-hydrogen) atoms. The number of hydrogen-bond acceptors (Lipinski definition) is 4. The highest BCUT2D eigenvalue weighted by molar-refractivity contribution is 7.99. The predicted octanol–water partition coefficient (Wildman–Crippen LogP) is 2.67. The summed E-state index contributed by atoms with van der Waals surface area (Å²) in [5.41, 5.74) is 2.15. The number of carbonyl (C=O) groups excluding carboxylic acids is 1. The number of thioether (sulfide) groups is 1. The zero-order chi connectivity index (χ0) is 14.5. The van der Waals surface area contributed by atoms with Gasteiger partial charge in [0.1, 0.15) is 0 Å². The second-order valence-electron chi connectivity index (χ2n) is 5.71. The number of benzene rings is 1. The zero-order valence-corrected chi connectivity index (χ0v) is 13.1. The van der Waals surface area contributed by atoms with E-state index in [4.69, 9.17) is 0 Å². The molecule has 1 amide bonds. The van der Waals surface area contributed by atoms with Gasteiger partial charge in [0.2, 0.25) is 5.91 Å². The van der Waals surface area contributed by atoms with Crippen LogP contribution in [0, 0.1) is 0 Å². The number of hydrogen-bond donors (Lipinski definition) is 2. The van der Waals surface area contributed by atoms with Crippen molar-refractivity contribution in [3.05, 3.63) is 24.3 Å². The summed E-state index contributed by atoms with van der Waals surface area (Å²) >= 11 is 1.77. The predicted molar refractivity (Wildman–Crippen MR) is 90.0 cm³/mol. The molecule has 2 heterocycles. The fourth-order valence-corrected chi connectivity index (χ4v) is 3.82. The van der Waals surface area contributed by atoms with Crippen molar-refractivity contribution in [2.24, 2.45) is 0 Å². The van der Waals surface area contributed by atoms with Gasteiger partial charge < -0.3 is 10.2 Å². The smallest absolute Gasteiger partial charge is 0.242 e. The van der Waals surface area contributed by atoms with E-state index in [1.54, 1.807) is 11.8 Å². The Bertz CT molecular complexity index is 463. The van der Waals surface area contributed by atoms with Crippen LogP contribution in [0.15, 0.2) is 24.3 Å². The minimum absolute atomic E-state index is 0.0553. The van der Waals surface area contributed by atoms with Crippen molar-refractivity contribution < 1.29 is 4.79 Å². The lowest BCUT2D eigenvalue weighted by atomic mass is 10.2. The molecule has 0 radical (unpaired) electrons. The van der Waals surface area contributed by atoms with Crippen LogP contribution in [0.1, 0.15) is 25.7 Å². The van der Waals surface area contributed by atoms with Crippen LogP contribution < -0.4 is 15.5 Å². The first kappa shape index (κ1) is 14.7. The molecule has 1 atom stereocenters. The van der Waals surface area contributed by atoms with Crippen LogP contribution in [0.25, 0.3) is 0 Å². The molecule has 2 fully saturated rings. The van der Waals surface area contributed by atoms with Gasteiger partial charge in [-0.1, -0.05) is 12.8 Å². The van der Waals surface area contributed by atoms with Gasteiger partial charge in [-0.25, -0.2) is 0 Å². The average molecular weight is 305 g/mol. The van der Waals surface area contributed by atoms with E-state index >= 15 is 0 Å². The van der Waals surface area contributed by atoms with Gasteiger partial charge in [-0.2, -0.15) is 0 Å². The molecule has 4 nitrogen and oxygen atoms in total. The lowest BCUT2D eigenvalue weighted by molar-refractivity contribution is -0.117. The Morgan fingerprint density at radius 1 is 1.14 bits per heavy atom. The third-order valence-corrected chi connectivity index (χ3v) is 5.08. The molecular formula is C16H23N3OS. The Morgan fingerprint density at radius 3 is 2.48 bits per heavy atom. The molecule has 0 aliphatic carbocycles. The Morgan fingerprint density at radius 2 is 1.86 bits per heavy atom. The van der Waals surface area contributed by atoms with Gasteiger partial charge in [0.15, 0.2) is 0 Å². The van der Waals surface area contributed by atoms with Crippen LogP contribution in [0.3, 0.4) is 0 Å². The molecule has 1 aromatic carbocycles.